The Morgan fingerprint density at radius 2 is 1.89 bits per heavy atom. The zero-order valence-corrected chi connectivity index (χ0v) is 10.6. The van der Waals surface area contributed by atoms with Crippen LogP contribution in [0.3, 0.4) is 0 Å². The first-order chi connectivity index (χ1) is 8.74. The highest BCUT2D eigenvalue weighted by Gasteiger charge is 2.17. The Hall–Kier alpha value is -2.03. The molecule has 0 radical (unpaired) electrons. The summed E-state index contributed by atoms with van der Waals surface area (Å²) in [5, 5.41) is 0. The fourth-order valence-corrected chi connectivity index (χ4v) is 2.43. The largest absolute Gasteiger partial charge is 0.397 e. The Morgan fingerprint density at radius 3 is 2.67 bits per heavy atom. The van der Waals surface area contributed by atoms with E-state index in [-0.39, 0.29) is 0 Å². The molecule has 1 aliphatic heterocycles. The molecule has 0 unspecified atom stereocenters. The molecule has 1 aliphatic rings. The molecule has 0 saturated carbocycles. The van der Waals surface area contributed by atoms with Gasteiger partial charge in [0.2, 0.25) is 0 Å². The van der Waals surface area contributed by atoms with Crippen LogP contribution in [0, 0.1) is 6.92 Å². The normalized spacial score (nSPS) is 14.4. The molecule has 3 heteroatoms. The first-order valence-corrected chi connectivity index (χ1v) is 6.29. The van der Waals surface area contributed by atoms with Crippen molar-refractivity contribution >= 4 is 11.5 Å². The molecular formula is C15H17N3. The monoisotopic (exact) mass is 239 g/mol. The quantitative estimate of drug-likeness (QED) is 0.831. The molecule has 0 saturated heterocycles. The fourth-order valence-electron chi connectivity index (χ4n) is 2.43. The van der Waals surface area contributed by atoms with Crippen LogP contribution in [-0.2, 0) is 13.0 Å². The second-order valence-electron chi connectivity index (χ2n) is 4.78. The van der Waals surface area contributed by atoms with E-state index in [1.165, 1.54) is 11.1 Å². The number of hydrogen-bond donors (Lipinski definition) is 1. The van der Waals surface area contributed by atoms with Crippen molar-refractivity contribution in [3.63, 3.8) is 0 Å². The van der Waals surface area contributed by atoms with Crippen LogP contribution >= 0.6 is 0 Å². The van der Waals surface area contributed by atoms with Gasteiger partial charge in [-0.15, -0.1) is 0 Å². The van der Waals surface area contributed by atoms with Gasteiger partial charge in [0.25, 0.3) is 0 Å². The van der Waals surface area contributed by atoms with Gasteiger partial charge in [-0.1, -0.05) is 24.3 Å². The van der Waals surface area contributed by atoms with E-state index < -0.39 is 0 Å². The number of fused-ring (bicyclic) bond motifs is 1. The number of benzene rings is 1. The lowest BCUT2D eigenvalue weighted by molar-refractivity contribution is 0.720. The molecular weight excluding hydrogens is 222 g/mol. The Balaban J connectivity index is 1.89. The van der Waals surface area contributed by atoms with Gasteiger partial charge in [-0.3, -0.25) is 0 Å². The van der Waals surface area contributed by atoms with Gasteiger partial charge in [0.1, 0.15) is 5.82 Å². The van der Waals surface area contributed by atoms with E-state index >= 15 is 0 Å². The molecule has 2 aromatic rings. The number of nitrogens with zero attached hydrogens (tertiary/aromatic N) is 2. The third-order valence-electron chi connectivity index (χ3n) is 3.57. The number of aromatic nitrogens is 1. The fraction of sp³-hybridized carbons (Fsp3) is 0.267. The summed E-state index contributed by atoms with van der Waals surface area (Å²) in [4.78, 5) is 6.88. The van der Waals surface area contributed by atoms with E-state index in [1.54, 1.807) is 0 Å². The van der Waals surface area contributed by atoms with E-state index in [9.17, 15) is 0 Å². The average molecular weight is 239 g/mol. The molecule has 18 heavy (non-hydrogen) atoms. The topological polar surface area (TPSA) is 42.2 Å². The summed E-state index contributed by atoms with van der Waals surface area (Å²) in [5.74, 6) is 1.02. The SMILES string of the molecule is Cc1nc(N2CCc3ccccc3C2)ccc1N. The molecule has 0 aliphatic carbocycles. The first kappa shape index (κ1) is 11.1. The predicted octanol–water partition coefficient (Wildman–Crippen LogP) is 2.53. The van der Waals surface area contributed by atoms with Crippen molar-refractivity contribution < 1.29 is 0 Å². The van der Waals surface area contributed by atoms with Crippen molar-refractivity contribution in [3.05, 3.63) is 53.2 Å². The molecule has 92 valence electrons. The Bertz CT molecular complexity index is 578. The highest BCUT2D eigenvalue weighted by molar-refractivity contribution is 5.51. The number of nitrogens with two attached hydrogens (primary N) is 1. The summed E-state index contributed by atoms with van der Waals surface area (Å²) in [5.41, 5.74) is 10.3. The molecule has 2 heterocycles. The van der Waals surface area contributed by atoms with E-state index in [1.807, 2.05) is 19.1 Å². The maximum Gasteiger partial charge on any atom is 0.129 e. The van der Waals surface area contributed by atoms with Gasteiger partial charge in [-0.2, -0.15) is 0 Å². The molecule has 0 amide bonds. The van der Waals surface area contributed by atoms with Crippen LogP contribution in [0.5, 0.6) is 0 Å². The summed E-state index contributed by atoms with van der Waals surface area (Å²) < 4.78 is 0. The van der Waals surface area contributed by atoms with Crippen LogP contribution in [-0.4, -0.2) is 11.5 Å². The van der Waals surface area contributed by atoms with Crippen LogP contribution in [0.1, 0.15) is 16.8 Å². The maximum atomic E-state index is 5.81. The molecule has 0 atom stereocenters. The second kappa shape index (κ2) is 4.33. The number of nitrogen functional groups attached to an aromatic ring is 1. The number of hydrogen-bond acceptors (Lipinski definition) is 3. The van der Waals surface area contributed by atoms with Crippen molar-refractivity contribution in [2.75, 3.05) is 17.2 Å². The smallest absolute Gasteiger partial charge is 0.129 e. The third-order valence-corrected chi connectivity index (χ3v) is 3.57. The Morgan fingerprint density at radius 1 is 1.11 bits per heavy atom. The van der Waals surface area contributed by atoms with Gasteiger partial charge in [-0.25, -0.2) is 4.98 Å². The molecule has 3 nitrogen and oxygen atoms in total. The number of anilines is 2. The molecule has 0 fully saturated rings. The van der Waals surface area contributed by atoms with Crippen molar-refractivity contribution in [3.8, 4) is 0 Å². The predicted molar refractivity (Wildman–Crippen MR) is 74.6 cm³/mol. The Labute approximate surface area is 107 Å². The summed E-state index contributed by atoms with van der Waals surface area (Å²) in [6.45, 7) is 3.91. The standard InChI is InChI=1S/C15H17N3/c1-11-14(16)6-7-15(17-11)18-9-8-12-4-2-3-5-13(12)10-18/h2-7H,8-10,16H2,1H3. The summed E-state index contributed by atoms with van der Waals surface area (Å²) in [6.07, 6.45) is 1.08. The van der Waals surface area contributed by atoms with Gasteiger partial charge in [0, 0.05) is 13.1 Å². The minimum atomic E-state index is 0.760. The van der Waals surface area contributed by atoms with Crippen LogP contribution in [0.4, 0.5) is 11.5 Å². The minimum absolute atomic E-state index is 0.760. The molecule has 2 N–H and O–H groups in total. The minimum Gasteiger partial charge on any atom is -0.397 e. The van der Waals surface area contributed by atoms with E-state index in [0.717, 1.165) is 36.7 Å². The number of aryl methyl sites for hydroxylation is 1. The molecule has 1 aromatic heterocycles. The number of rotatable bonds is 1. The summed E-state index contributed by atoms with van der Waals surface area (Å²) in [7, 11) is 0. The van der Waals surface area contributed by atoms with Gasteiger partial charge in [0.05, 0.1) is 11.4 Å². The van der Waals surface area contributed by atoms with Gasteiger partial charge in [-0.05, 0) is 36.6 Å². The second-order valence-corrected chi connectivity index (χ2v) is 4.78. The van der Waals surface area contributed by atoms with E-state index in [4.69, 9.17) is 5.73 Å². The summed E-state index contributed by atoms with van der Waals surface area (Å²) >= 11 is 0. The molecule has 1 aromatic carbocycles. The highest BCUT2D eigenvalue weighted by atomic mass is 15.2. The molecule has 0 spiro atoms. The van der Waals surface area contributed by atoms with Crippen LogP contribution in [0.2, 0.25) is 0 Å². The molecule has 0 bridgehead atoms. The zero-order chi connectivity index (χ0) is 12.5. The summed E-state index contributed by atoms with van der Waals surface area (Å²) in [6, 6.07) is 12.6. The zero-order valence-electron chi connectivity index (χ0n) is 10.6. The van der Waals surface area contributed by atoms with Gasteiger partial charge in [0.15, 0.2) is 0 Å². The average Bonchev–Trinajstić information content (AvgIpc) is 2.41. The first-order valence-electron chi connectivity index (χ1n) is 6.29. The van der Waals surface area contributed by atoms with Crippen molar-refractivity contribution in [1.82, 2.24) is 4.98 Å². The van der Waals surface area contributed by atoms with E-state index in [0.29, 0.717) is 0 Å². The lowest BCUT2D eigenvalue weighted by Gasteiger charge is -2.30. The lowest BCUT2D eigenvalue weighted by Crippen LogP contribution is -2.31. The van der Waals surface area contributed by atoms with Gasteiger partial charge < -0.3 is 10.6 Å². The Kier molecular flexibility index (Phi) is 2.67. The number of pyridine rings is 1. The maximum absolute atomic E-state index is 5.81. The van der Waals surface area contributed by atoms with Gasteiger partial charge >= 0.3 is 0 Å². The highest BCUT2D eigenvalue weighted by Crippen LogP contribution is 2.24. The molecule has 3 rings (SSSR count). The lowest BCUT2D eigenvalue weighted by atomic mass is 10.00. The third kappa shape index (κ3) is 1.92. The van der Waals surface area contributed by atoms with E-state index in [2.05, 4.69) is 34.1 Å². The van der Waals surface area contributed by atoms with Crippen molar-refractivity contribution in [2.45, 2.75) is 19.9 Å². The van der Waals surface area contributed by atoms with Crippen molar-refractivity contribution in [1.29, 1.82) is 0 Å². The van der Waals surface area contributed by atoms with Crippen LogP contribution < -0.4 is 10.6 Å². The van der Waals surface area contributed by atoms with Crippen LogP contribution in [0.15, 0.2) is 36.4 Å². The van der Waals surface area contributed by atoms with Crippen molar-refractivity contribution in [2.24, 2.45) is 0 Å². The van der Waals surface area contributed by atoms with Crippen LogP contribution in [0.25, 0.3) is 0 Å².